The highest BCUT2D eigenvalue weighted by atomic mass is 19.1. The molecular formula is C26H30FN5. The van der Waals surface area contributed by atoms with Crippen LogP contribution in [0.1, 0.15) is 48.4 Å². The van der Waals surface area contributed by atoms with E-state index in [-0.39, 0.29) is 11.4 Å². The third-order valence-electron chi connectivity index (χ3n) is 7.35. The van der Waals surface area contributed by atoms with Crippen LogP contribution in [0.15, 0.2) is 60.9 Å². The molecule has 4 aromatic rings. The van der Waals surface area contributed by atoms with Gasteiger partial charge in [0.05, 0.1) is 6.20 Å². The van der Waals surface area contributed by atoms with E-state index in [1.54, 1.807) is 12.3 Å². The van der Waals surface area contributed by atoms with Crippen LogP contribution in [0.5, 0.6) is 0 Å². The molecule has 1 saturated carbocycles. The van der Waals surface area contributed by atoms with Crippen LogP contribution in [0.2, 0.25) is 0 Å². The van der Waals surface area contributed by atoms with Crippen molar-refractivity contribution in [1.82, 2.24) is 24.9 Å². The molecule has 2 aromatic heterocycles. The first-order valence-corrected chi connectivity index (χ1v) is 11.4. The highest BCUT2D eigenvalue weighted by Gasteiger charge is 2.39. The maximum Gasteiger partial charge on any atom is 0.123 e. The Morgan fingerprint density at radius 1 is 1.12 bits per heavy atom. The number of aromatic nitrogens is 4. The van der Waals surface area contributed by atoms with E-state index in [1.165, 1.54) is 22.9 Å². The Morgan fingerprint density at radius 2 is 1.91 bits per heavy atom. The minimum atomic E-state index is -0.190. The first-order chi connectivity index (χ1) is 15.6. The molecule has 0 aliphatic heterocycles. The van der Waals surface area contributed by atoms with Crippen molar-refractivity contribution in [2.24, 2.45) is 0 Å². The van der Waals surface area contributed by atoms with E-state index < -0.39 is 0 Å². The summed E-state index contributed by atoms with van der Waals surface area (Å²) in [6.45, 7) is 0.731. The van der Waals surface area contributed by atoms with Crippen molar-refractivity contribution >= 4 is 10.9 Å². The van der Waals surface area contributed by atoms with Crippen LogP contribution in [0.25, 0.3) is 10.9 Å². The van der Waals surface area contributed by atoms with E-state index in [9.17, 15) is 4.39 Å². The van der Waals surface area contributed by atoms with Gasteiger partial charge in [0.25, 0.3) is 0 Å². The van der Waals surface area contributed by atoms with Crippen LogP contribution >= 0.6 is 0 Å². The zero-order valence-corrected chi connectivity index (χ0v) is 18.8. The second kappa shape index (κ2) is 8.51. The number of H-pyrrole nitrogens is 1. The third kappa shape index (κ3) is 3.73. The fraction of sp³-hybridized carbons (Fsp3) is 0.385. The average Bonchev–Trinajstić information content (AvgIpc) is 3.46. The van der Waals surface area contributed by atoms with Gasteiger partial charge in [0, 0.05) is 34.9 Å². The number of halogens is 1. The molecular weight excluding hydrogens is 401 g/mol. The molecule has 32 heavy (non-hydrogen) atoms. The van der Waals surface area contributed by atoms with Gasteiger partial charge in [-0.25, -0.2) is 4.39 Å². The minimum absolute atomic E-state index is 0.0662. The molecule has 0 spiro atoms. The lowest BCUT2D eigenvalue weighted by molar-refractivity contribution is 0.0903. The molecule has 0 unspecified atom stereocenters. The lowest BCUT2D eigenvalue weighted by atomic mass is 9.70. The Labute approximate surface area is 188 Å². The highest BCUT2D eigenvalue weighted by Crippen LogP contribution is 2.47. The summed E-state index contributed by atoms with van der Waals surface area (Å²) in [5.41, 5.74) is 4.97. The molecule has 1 aliphatic carbocycles. The van der Waals surface area contributed by atoms with Crippen molar-refractivity contribution in [1.29, 1.82) is 0 Å². The van der Waals surface area contributed by atoms with Crippen LogP contribution in [0, 0.1) is 5.82 Å². The quantitative estimate of drug-likeness (QED) is 0.453. The number of fused-ring (bicyclic) bond motifs is 1. The molecule has 1 aliphatic rings. The van der Waals surface area contributed by atoms with Crippen molar-refractivity contribution in [2.75, 3.05) is 14.1 Å². The molecule has 2 aromatic carbocycles. The first kappa shape index (κ1) is 20.9. The van der Waals surface area contributed by atoms with Gasteiger partial charge in [-0.05, 0) is 81.4 Å². The maximum absolute atomic E-state index is 14.1. The fourth-order valence-electron chi connectivity index (χ4n) is 5.56. The minimum Gasteiger partial charge on any atom is -0.358 e. The highest BCUT2D eigenvalue weighted by molar-refractivity contribution is 5.85. The number of benzene rings is 2. The number of aryl methyl sites for hydroxylation is 2. The smallest absolute Gasteiger partial charge is 0.123 e. The second-order valence-corrected chi connectivity index (χ2v) is 9.19. The van der Waals surface area contributed by atoms with Crippen molar-refractivity contribution in [3.63, 3.8) is 0 Å². The van der Waals surface area contributed by atoms with Crippen LogP contribution in [0.4, 0.5) is 4.39 Å². The fourth-order valence-corrected chi connectivity index (χ4v) is 5.56. The van der Waals surface area contributed by atoms with Crippen molar-refractivity contribution < 1.29 is 4.39 Å². The van der Waals surface area contributed by atoms with Gasteiger partial charge < -0.3 is 4.98 Å². The van der Waals surface area contributed by atoms with Gasteiger partial charge in [-0.3, -0.25) is 9.58 Å². The molecule has 6 heteroatoms. The molecule has 5 nitrogen and oxygen atoms in total. The first-order valence-electron chi connectivity index (χ1n) is 11.4. The van der Waals surface area contributed by atoms with Gasteiger partial charge in [-0.2, -0.15) is 0 Å². The van der Waals surface area contributed by atoms with E-state index in [0.29, 0.717) is 5.92 Å². The number of nitrogens with one attached hydrogen (secondary N) is 1. The van der Waals surface area contributed by atoms with Gasteiger partial charge in [-0.15, -0.1) is 5.10 Å². The molecule has 1 N–H and O–H groups in total. The predicted octanol–water partition coefficient (Wildman–Crippen LogP) is 5.26. The Balaban J connectivity index is 1.45. The summed E-state index contributed by atoms with van der Waals surface area (Å²) in [7, 11) is 4.39. The zero-order valence-electron chi connectivity index (χ0n) is 18.8. The number of nitrogens with zero attached hydrogens (tertiary/aromatic N) is 4. The maximum atomic E-state index is 14.1. The van der Waals surface area contributed by atoms with Gasteiger partial charge in [0.1, 0.15) is 5.82 Å². The molecule has 2 heterocycles. The molecule has 166 valence electrons. The Kier molecular flexibility index (Phi) is 5.55. The summed E-state index contributed by atoms with van der Waals surface area (Å²) in [5, 5.41) is 9.01. The summed E-state index contributed by atoms with van der Waals surface area (Å²) in [6, 6.07) is 16.0. The molecule has 0 amide bonds. The van der Waals surface area contributed by atoms with E-state index in [4.69, 9.17) is 0 Å². The van der Waals surface area contributed by atoms with Crippen molar-refractivity contribution in [3.8, 4) is 0 Å². The molecule has 0 atom stereocenters. The summed E-state index contributed by atoms with van der Waals surface area (Å²) in [6.07, 6.45) is 8.76. The lowest BCUT2D eigenvalue weighted by Gasteiger charge is -2.45. The van der Waals surface area contributed by atoms with E-state index >= 15 is 0 Å². The molecule has 0 bridgehead atoms. The van der Waals surface area contributed by atoms with E-state index in [2.05, 4.69) is 64.6 Å². The molecule has 0 radical (unpaired) electrons. The number of aromatic amines is 1. The third-order valence-corrected chi connectivity index (χ3v) is 7.35. The van der Waals surface area contributed by atoms with Crippen molar-refractivity contribution in [3.05, 3.63) is 83.6 Å². The van der Waals surface area contributed by atoms with E-state index in [0.717, 1.165) is 49.6 Å². The summed E-state index contributed by atoms with van der Waals surface area (Å²) in [4.78, 5) is 6.06. The largest absolute Gasteiger partial charge is 0.358 e. The standard InChI is InChI=1S/C26H30FN5/c1-31(2)26(20-6-4-3-5-7-20)13-10-19(11-14-26)25-22(12-16-32-17-15-28-30-32)23-18-21(27)8-9-24(23)29-25/h3-9,15,17-19,29H,10-14,16H2,1-2H3. The van der Waals surface area contributed by atoms with Gasteiger partial charge in [-0.1, -0.05) is 35.5 Å². The van der Waals surface area contributed by atoms with E-state index in [1.807, 2.05) is 16.9 Å². The number of hydrogen-bond donors (Lipinski definition) is 1. The summed E-state index contributed by atoms with van der Waals surface area (Å²) >= 11 is 0. The predicted molar refractivity (Wildman–Crippen MR) is 125 cm³/mol. The normalized spacial score (nSPS) is 21.4. The Bertz CT molecular complexity index is 1170. The Hall–Kier alpha value is -2.99. The van der Waals surface area contributed by atoms with Crippen LogP contribution in [-0.2, 0) is 18.5 Å². The van der Waals surface area contributed by atoms with Gasteiger partial charge in [0.2, 0.25) is 0 Å². The van der Waals surface area contributed by atoms with Crippen LogP contribution in [-0.4, -0.2) is 39.0 Å². The molecule has 5 rings (SSSR count). The molecule has 1 fully saturated rings. The van der Waals surface area contributed by atoms with Crippen LogP contribution in [0.3, 0.4) is 0 Å². The summed E-state index contributed by atoms with van der Waals surface area (Å²) < 4.78 is 16.0. The van der Waals surface area contributed by atoms with Gasteiger partial charge in [0.15, 0.2) is 0 Å². The molecule has 0 saturated heterocycles. The zero-order chi connectivity index (χ0) is 22.1. The SMILES string of the molecule is CN(C)C1(c2ccccc2)CCC(c2[nH]c3ccc(F)cc3c2CCn2ccnn2)CC1. The van der Waals surface area contributed by atoms with Crippen molar-refractivity contribution in [2.45, 2.75) is 50.1 Å². The second-order valence-electron chi connectivity index (χ2n) is 9.19. The average molecular weight is 432 g/mol. The number of hydrogen-bond acceptors (Lipinski definition) is 3. The van der Waals surface area contributed by atoms with Gasteiger partial charge >= 0.3 is 0 Å². The monoisotopic (exact) mass is 431 g/mol. The number of rotatable bonds is 6. The summed E-state index contributed by atoms with van der Waals surface area (Å²) in [5.74, 6) is 0.248. The lowest BCUT2D eigenvalue weighted by Crippen LogP contribution is -2.44. The van der Waals surface area contributed by atoms with Crippen LogP contribution < -0.4 is 0 Å². The topological polar surface area (TPSA) is 49.7 Å². The Morgan fingerprint density at radius 3 is 2.59 bits per heavy atom.